The molecule has 0 bridgehead atoms. The molecule has 0 saturated carbocycles. The Balaban J connectivity index is 3.09. The Labute approximate surface area is 89.0 Å². The van der Waals surface area contributed by atoms with E-state index in [4.69, 9.17) is 10.8 Å². The van der Waals surface area contributed by atoms with Crippen LogP contribution in [0.2, 0.25) is 0 Å². The van der Waals surface area contributed by atoms with Crippen LogP contribution in [0.4, 0.5) is 5.69 Å². The van der Waals surface area contributed by atoms with E-state index in [1.807, 2.05) is 0 Å². The molecular weight excluding hydrogens is 216 g/mol. The Morgan fingerprint density at radius 3 is 2.73 bits per heavy atom. The zero-order valence-electron chi connectivity index (χ0n) is 8.32. The van der Waals surface area contributed by atoms with Crippen molar-refractivity contribution in [3.8, 4) is 0 Å². The highest BCUT2D eigenvalue weighted by atomic mass is 32.2. The van der Waals surface area contributed by atoms with Gasteiger partial charge in [0.1, 0.15) is 0 Å². The highest BCUT2D eigenvalue weighted by Crippen LogP contribution is 2.18. The summed E-state index contributed by atoms with van der Waals surface area (Å²) in [5, 5.41) is 8.54. The predicted molar refractivity (Wildman–Crippen MR) is 56.2 cm³/mol. The van der Waals surface area contributed by atoms with E-state index in [2.05, 4.69) is 4.72 Å². The highest BCUT2D eigenvalue weighted by molar-refractivity contribution is 7.89. The summed E-state index contributed by atoms with van der Waals surface area (Å²) in [6, 6.07) is 4.39. The molecule has 1 radical (unpaired) electrons. The number of aliphatic hydroxyl groups excluding tert-OH is 1. The molecule has 0 fully saturated rings. The number of hydrogen-bond donors (Lipinski definition) is 2. The van der Waals surface area contributed by atoms with E-state index in [0.29, 0.717) is 5.56 Å². The van der Waals surface area contributed by atoms with E-state index in [0.717, 1.165) is 0 Å². The third kappa shape index (κ3) is 2.92. The number of nitrogens with one attached hydrogen (secondary N) is 2. The standard InChI is InChI=1S/C9H13N2O3S/c1-7-2-3-8(10)6-9(7)15(13,14)11-4-5-12/h2-3,6,10-12H,4-5H2,1H3. The van der Waals surface area contributed by atoms with Crippen LogP contribution in [0.5, 0.6) is 0 Å². The zero-order valence-corrected chi connectivity index (χ0v) is 9.13. The molecule has 0 amide bonds. The van der Waals surface area contributed by atoms with Crippen LogP contribution in [0, 0.1) is 6.92 Å². The van der Waals surface area contributed by atoms with Gasteiger partial charge in [-0.3, -0.25) is 0 Å². The second-order valence-corrected chi connectivity index (χ2v) is 4.84. The summed E-state index contributed by atoms with van der Waals surface area (Å²) in [4.78, 5) is 0.0865. The molecule has 0 heterocycles. The van der Waals surface area contributed by atoms with Gasteiger partial charge in [0.05, 0.1) is 17.2 Å². The van der Waals surface area contributed by atoms with Crippen LogP contribution in [0.15, 0.2) is 23.1 Å². The van der Waals surface area contributed by atoms with Crippen molar-refractivity contribution in [1.82, 2.24) is 10.5 Å². The Kier molecular flexibility index (Phi) is 3.67. The van der Waals surface area contributed by atoms with Gasteiger partial charge in [-0.1, -0.05) is 6.07 Å². The molecule has 0 aliphatic rings. The molecule has 1 aromatic rings. The fourth-order valence-corrected chi connectivity index (χ4v) is 2.44. The average Bonchev–Trinajstić information content (AvgIpc) is 2.18. The summed E-state index contributed by atoms with van der Waals surface area (Å²) in [7, 11) is -3.61. The lowest BCUT2D eigenvalue weighted by Crippen LogP contribution is -2.27. The van der Waals surface area contributed by atoms with Crippen LogP contribution >= 0.6 is 0 Å². The fraction of sp³-hybridized carbons (Fsp3) is 0.333. The molecule has 0 unspecified atom stereocenters. The number of aliphatic hydroxyl groups is 1. The normalized spacial score (nSPS) is 11.6. The maximum Gasteiger partial charge on any atom is 0.240 e. The molecule has 6 heteroatoms. The van der Waals surface area contributed by atoms with E-state index in [1.54, 1.807) is 13.0 Å². The maximum absolute atomic E-state index is 11.7. The van der Waals surface area contributed by atoms with Gasteiger partial charge in [0, 0.05) is 6.54 Å². The topological polar surface area (TPSA) is 90.2 Å². The highest BCUT2D eigenvalue weighted by Gasteiger charge is 2.16. The van der Waals surface area contributed by atoms with Crippen LogP contribution in [-0.4, -0.2) is 26.7 Å². The van der Waals surface area contributed by atoms with Gasteiger partial charge in [0.25, 0.3) is 0 Å². The third-order valence-electron chi connectivity index (χ3n) is 1.88. The van der Waals surface area contributed by atoms with Gasteiger partial charge >= 0.3 is 0 Å². The lowest BCUT2D eigenvalue weighted by Gasteiger charge is -2.08. The molecule has 0 aliphatic carbocycles. The first-order valence-electron chi connectivity index (χ1n) is 4.40. The molecular formula is C9H13N2O3S. The van der Waals surface area contributed by atoms with Gasteiger partial charge in [0.15, 0.2) is 0 Å². The van der Waals surface area contributed by atoms with Crippen molar-refractivity contribution in [1.29, 1.82) is 0 Å². The fourth-order valence-electron chi connectivity index (χ4n) is 1.15. The van der Waals surface area contributed by atoms with E-state index < -0.39 is 10.0 Å². The monoisotopic (exact) mass is 229 g/mol. The third-order valence-corrected chi connectivity index (χ3v) is 3.48. The molecule has 83 valence electrons. The molecule has 0 atom stereocenters. The minimum atomic E-state index is -3.61. The second-order valence-electron chi connectivity index (χ2n) is 3.10. The van der Waals surface area contributed by atoms with Crippen molar-refractivity contribution < 1.29 is 13.5 Å². The zero-order chi connectivity index (χ0) is 11.5. The van der Waals surface area contributed by atoms with E-state index >= 15 is 0 Å². The van der Waals surface area contributed by atoms with Crippen molar-refractivity contribution in [2.24, 2.45) is 0 Å². The number of aryl methyl sites for hydroxylation is 1. The van der Waals surface area contributed by atoms with Crippen LogP contribution < -0.4 is 10.5 Å². The number of rotatable bonds is 4. The first-order chi connectivity index (χ1) is 6.97. The Morgan fingerprint density at radius 1 is 1.47 bits per heavy atom. The molecule has 0 aliphatic heterocycles. The van der Waals surface area contributed by atoms with Crippen molar-refractivity contribution in [2.75, 3.05) is 13.2 Å². The molecule has 1 rings (SSSR count). The van der Waals surface area contributed by atoms with Crippen LogP contribution in [0.1, 0.15) is 5.56 Å². The quantitative estimate of drug-likeness (QED) is 0.771. The number of hydrogen-bond acceptors (Lipinski definition) is 3. The lowest BCUT2D eigenvalue weighted by atomic mass is 10.2. The van der Waals surface area contributed by atoms with Gasteiger partial charge in [-0.2, -0.15) is 0 Å². The van der Waals surface area contributed by atoms with Crippen LogP contribution in [0.25, 0.3) is 0 Å². The minimum absolute atomic E-state index is 0.0238. The summed E-state index contributed by atoms with van der Waals surface area (Å²) in [6.45, 7) is 1.38. The van der Waals surface area contributed by atoms with Crippen LogP contribution in [-0.2, 0) is 10.0 Å². The Morgan fingerprint density at radius 2 is 2.13 bits per heavy atom. The van der Waals surface area contributed by atoms with Gasteiger partial charge in [0.2, 0.25) is 10.0 Å². The molecule has 15 heavy (non-hydrogen) atoms. The maximum atomic E-state index is 11.7. The first kappa shape index (κ1) is 12.0. The van der Waals surface area contributed by atoms with Crippen molar-refractivity contribution in [3.05, 3.63) is 23.8 Å². The SMILES string of the molecule is Cc1ccc([NH])cc1S(=O)(=O)NCCO. The molecule has 0 spiro atoms. The smallest absolute Gasteiger partial charge is 0.240 e. The Hall–Kier alpha value is -1.11. The summed E-state index contributed by atoms with van der Waals surface area (Å²) >= 11 is 0. The van der Waals surface area contributed by atoms with E-state index in [9.17, 15) is 8.42 Å². The largest absolute Gasteiger partial charge is 0.395 e. The average molecular weight is 229 g/mol. The van der Waals surface area contributed by atoms with Crippen molar-refractivity contribution in [2.45, 2.75) is 11.8 Å². The summed E-state index contributed by atoms with van der Waals surface area (Å²) in [5.41, 5.74) is 8.07. The molecule has 0 aromatic heterocycles. The Bertz CT molecular complexity index is 443. The lowest BCUT2D eigenvalue weighted by molar-refractivity contribution is 0.301. The summed E-state index contributed by atoms with van der Waals surface area (Å²) in [5.74, 6) is 0. The van der Waals surface area contributed by atoms with E-state index in [1.165, 1.54) is 12.1 Å². The molecule has 3 N–H and O–H groups in total. The first-order valence-corrected chi connectivity index (χ1v) is 5.88. The van der Waals surface area contributed by atoms with Gasteiger partial charge in [-0.05, 0) is 24.6 Å². The van der Waals surface area contributed by atoms with Crippen molar-refractivity contribution >= 4 is 15.7 Å². The minimum Gasteiger partial charge on any atom is -0.395 e. The number of sulfonamides is 1. The predicted octanol–water partition coefficient (Wildman–Crippen LogP) is 0.180. The van der Waals surface area contributed by atoms with Gasteiger partial charge in [-0.25, -0.2) is 13.1 Å². The second kappa shape index (κ2) is 4.61. The molecule has 0 saturated heterocycles. The van der Waals surface area contributed by atoms with E-state index in [-0.39, 0.29) is 23.7 Å². The van der Waals surface area contributed by atoms with Crippen molar-refractivity contribution in [3.63, 3.8) is 0 Å². The molecule has 1 aromatic carbocycles. The number of benzene rings is 1. The van der Waals surface area contributed by atoms with Crippen LogP contribution in [0.3, 0.4) is 0 Å². The summed E-state index contributed by atoms with van der Waals surface area (Å²) < 4.78 is 25.5. The molecule has 5 nitrogen and oxygen atoms in total. The van der Waals surface area contributed by atoms with Gasteiger partial charge < -0.3 is 10.8 Å². The van der Waals surface area contributed by atoms with Gasteiger partial charge in [-0.15, -0.1) is 0 Å². The summed E-state index contributed by atoms with van der Waals surface area (Å²) in [6.07, 6.45) is 0.